The van der Waals surface area contributed by atoms with Gasteiger partial charge in [0.2, 0.25) is 0 Å². The minimum absolute atomic E-state index is 0.217. The molecular weight excluding hydrogens is 314 g/mol. The second-order valence-corrected chi connectivity index (χ2v) is 4.82. The minimum Gasteiger partial charge on any atom is -0.478 e. The van der Waals surface area contributed by atoms with Crippen LogP contribution in [0.4, 0.5) is 0 Å². The highest BCUT2D eigenvalue weighted by Crippen LogP contribution is 2.18. The number of carbonyl (C=O) groups is 2. The number of esters is 1. The number of carboxylic acid groups (broad SMARTS) is 1. The predicted octanol–water partition coefficient (Wildman–Crippen LogP) is 2.19. The lowest BCUT2D eigenvalue weighted by Gasteiger charge is -2.13. The molecule has 1 rings (SSSR count). The lowest BCUT2D eigenvalue weighted by atomic mass is 10.1. The van der Waals surface area contributed by atoms with E-state index in [0.717, 1.165) is 5.56 Å². The number of carboxylic acids is 1. The van der Waals surface area contributed by atoms with Crippen molar-refractivity contribution in [3.05, 3.63) is 33.8 Å². The molecular formula is C13H16BrNO4. The molecule has 0 fully saturated rings. The number of hydrogen-bond acceptors (Lipinski definition) is 4. The van der Waals surface area contributed by atoms with E-state index in [0.29, 0.717) is 17.6 Å². The number of ether oxygens (including phenoxy) is 1. The van der Waals surface area contributed by atoms with Crippen molar-refractivity contribution in [3.8, 4) is 0 Å². The molecule has 1 aromatic rings. The van der Waals surface area contributed by atoms with Crippen LogP contribution in [0.2, 0.25) is 0 Å². The van der Waals surface area contributed by atoms with E-state index >= 15 is 0 Å². The highest BCUT2D eigenvalue weighted by atomic mass is 79.9. The Bertz CT molecular complexity index is 476. The van der Waals surface area contributed by atoms with E-state index < -0.39 is 12.0 Å². The Labute approximate surface area is 120 Å². The van der Waals surface area contributed by atoms with Crippen LogP contribution >= 0.6 is 15.9 Å². The Morgan fingerprint density at radius 2 is 2.16 bits per heavy atom. The van der Waals surface area contributed by atoms with Crippen LogP contribution in [0, 0.1) is 0 Å². The van der Waals surface area contributed by atoms with Crippen molar-refractivity contribution in [2.45, 2.75) is 26.4 Å². The molecule has 0 aliphatic carbocycles. The molecule has 0 saturated carbocycles. The first kappa shape index (κ1) is 15.7. The van der Waals surface area contributed by atoms with E-state index in [4.69, 9.17) is 9.84 Å². The van der Waals surface area contributed by atoms with Crippen LogP contribution < -0.4 is 5.32 Å². The zero-order chi connectivity index (χ0) is 14.4. The second-order valence-electron chi connectivity index (χ2n) is 3.97. The smallest absolute Gasteiger partial charge is 0.335 e. The third-order valence-corrected chi connectivity index (χ3v) is 3.28. The van der Waals surface area contributed by atoms with Gasteiger partial charge in [0.25, 0.3) is 0 Å². The molecule has 0 bridgehead atoms. The first-order valence-electron chi connectivity index (χ1n) is 5.87. The molecule has 6 heteroatoms. The van der Waals surface area contributed by atoms with E-state index in [-0.39, 0.29) is 11.5 Å². The van der Waals surface area contributed by atoms with Gasteiger partial charge in [0.1, 0.15) is 6.04 Å². The SMILES string of the molecule is CCOC(=O)C(C)NCc1ccc(C(=O)O)cc1Br. The molecule has 0 heterocycles. The topological polar surface area (TPSA) is 75.6 Å². The highest BCUT2D eigenvalue weighted by Gasteiger charge is 2.14. The molecule has 0 amide bonds. The van der Waals surface area contributed by atoms with Crippen molar-refractivity contribution in [3.63, 3.8) is 0 Å². The summed E-state index contributed by atoms with van der Waals surface area (Å²) in [6.45, 7) is 4.27. The lowest BCUT2D eigenvalue weighted by molar-refractivity contribution is -0.145. The van der Waals surface area contributed by atoms with E-state index in [1.165, 1.54) is 12.1 Å². The summed E-state index contributed by atoms with van der Waals surface area (Å²) >= 11 is 3.31. The van der Waals surface area contributed by atoms with Crippen molar-refractivity contribution < 1.29 is 19.4 Å². The zero-order valence-corrected chi connectivity index (χ0v) is 12.4. The van der Waals surface area contributed by atoms with Gasteiger partial charge in [-0.1, -0.05) is 22.0 Å². The number of rotatable bonds is 6. The van der Waals surface area contributed by atoms with Gasteiger partial charge in [-0.3, -0.25) is 4.79 Å². The third-order valence-electron chi connectivity index (χ3n) is 2.54. The molecule has 19 heavy (non-hydrogen) atoms. The van der Waals surface area contributed by atoms with E-state index in [1.807, 2.05) is 0 Å². The average molecular weight is 330 g/mol. The zero-order valence-electron chi connectivity index (χ0n) is 10.8. The number of hydrogen-bond donors (Lipinski definition) is 2. The first-order valence-corrected chi connectivity index (χ1v) is 6.66. The molecule has 1 unspecified atom stereocenters. The fourth-order valence-electron chi connectivity index (χ4n) is 1.44. The number of nitrogens with one attached hydrogen (secondary N) is 1. The monoisotopic (exact) mass is 329 g/mol. The summed E-state index contributed by atoms with van der Waals surface area (Å²) in [6.07, 6.45) is 0. The van der Waals surface area contributed by atoms with Crippen LogP contribution in [-0.4, -0.2) is 29.7 Å². The average Bonchev–Trinajstić information content (AvgIpc) is 2.36. The highest BCUT2D eigenvalue weighted by molar-refractivity contribution is 9.10. The maximum Gasteiger partial charge on any atom is 0.335 e. The van der Waals surface area contributed by atoms with Gasteiger partial charge in [-0.2, -0.15) is 0 Å². The second kappa shape index (κ2) is 7.25. The maximum atomic E-state index is 11.4. The van der Waals surface area contributed by atoms with Crippen LogP contribution in [0.15, 0.2) is 22.7 Å². The Balaban J connectivity index is 2.63. The number of halogens is 1. The number of aromatic carboxylic acids is 1. The Morgan fingerprint density at radius 3 is 2.68 bits per heavy atom. The fourth-order valence-corrected chi connectivity index (χ4v) is 1.96. The Morgan fingerprint density at radius 1 is 1.47 bits per heavy atom. The van der Waals surface area contributed by atoms with Crippen molar-refractivity contribution in [2.24, 2.45) is 0 Å². The van der Waals surface area contributed by atoms with Crippen molar-refractivity contribution in [2.75, 3.05) is 6.61 Å². The molecule has 1 aromatic carbocycles. The summed E-state index contributed by atoms with van der Waals surface area (Å²) in [4.78, 5) is 22.2. The van der Waals surface area contributed by atoms with Gasteiger partial charge in [0, 0.05) is 11.0 Å². The summed E-state index contributed by atoms with van der Waals surface area (Å²) in [6, 6.07) is 4.36. The van der Waals surface area contributed by atoms with E-state index in [2.05, 4.69) is 21.2 Å². The summed E-state index contributed by atoms with van der Waals surface area (Å²) in [7, 11) is 0. The molecule has 104 valence electrons. The molecule has 0 radical (unpaired) electrons. The van der Waals surface area contributed by atoms with Gasteiger partial charge in [-0.25, -0.2) is 4.79 Å². The first-order chi connectivity index (χ1) is 8.95. The van der Waals surface area contributed by atoms with Crippen molar-refractivity contribution in [1.29, 1.82) is 0 Å². The normalized spacial score (nSPS) is 11.9. The summed E-state index contributed by atoms with van der Waals surface area (Å²) < 4.78 is 5.57. The van der Waals surface area contributed by atoms with Crippen LogP contribution in [0.3, 0.4) is 0 Å². The van der Waals surface area contributed by atoms with Crippen LogP contribution in [0.1, 0.15) is 29.8 Å². The molecule has 1 atom stereocenters. The quantitative estimate of drug-likeness (QED) is 0.782. The van der Waals surface area contributed by atoms with Gasteiger partial charge < -0.3 is 15.2 Å². The maximum absolute atomic E-state index is 11.4. The standard InChI is InChI=1S/C13H16BrNO4/c1-3-19-13(18)8(2)15-7-10-5-4-9(12(16)17)6-11(10)14/h4-6,8,15H,3,7H2,1-2H3,(H,16,17). The number of carbonyl (C=O) groups excluding carboxylic acids is 1. The minimum atomic E-state index is -0.972. The van der Waals surface area contributed by atoms with Gasteiger partial charge in [0.05, 0.1) is 12.2 Å². The molecule has 5 nitrogen and oxygen atoms in total. The van der Waals surface area contributed by atoms with E-state index in [9.17, 15) is 9.59 Å². The van der Waals surface area contributed by atoms with Gasteiger partial charge in [-0.15, -0.1) is 0 Å². The molecule has 0 spiro atoms. The molecule has 0 aliphatic heterocycles. The predicted molar refractivity (Wildman–Crippen MR) is 74.0 cm³/mol. The molecule has 0 saturated heterocycles. The van der Waals surface area contributed by atoms with E-state index in [1.54, 1.807) is 19.9 Å². The number of benzene rings is 1. The summed E-state index contributed by atoms with van der Waals surface area (Å²) in [5.41, 5.74) is 1.09. The molecule has 0 aromatic heterocycles. The Kier molecular flexibility index (Phi) is 5.98. The third kappa shape index (κ3) is 4.65. The summed E-state index contributed by atoms with van der Waals surface area (Å²) in [5.74, 6) is -1.28. The largest absolute Gasteiger partial charge is 0.478 e. The summed E-state index contributed by atoms with van der Waals surface area (Å²) in [5, 5.41) is 11.9. The molecule has 0 aliphatic rings. The van der Waals surface area contributed by atoms with Gasteiger partial charge in [-0.05, 0) is 31.5 Å². The van der Waals surface area contributed by atoms with Gasteiger partial charge in [0.15, 0.2) is 0 Å². The van der Waals surface area contributed by atoms with Crippen LogP contribution in [-0.2, 0) is 16.1 Å². The van der Waals surface area contributed by atoms with Crippen LogP contribution in [0.25, 0.3) is 0 Å². The van der Waals surface area contributed by atoms with Crippen molar-refractivity contribution in [1.82, 2.24) is 5.32 Å². The lowest BCUT2D eigenvalue weighted by Crippen LogP contribution is -2.35. The fraction of sp³-hybridized carbons (Fsp3) is 0.385. The molecule has 2 N–H and O–H groups in total. The van der Waals surface area contributed by atoms with Crippen molar-refractivity contribution >= 4 is 27.9 Å². The van der Waals surface area contributed by atoms with Crippen LogP contribution in [0.5, 0.6) is 0 Å². The Hall–Kier alpha value is -1.40. The van der Waals surface area contributed by atoms with Gasteiger partial charge >= 0.3 is 11.9 Å².